The fourth-order valence-corrected chi connectivity index (χ4v) is 2.87. The molecule has 0 aliphatic heterocycles. The van der Waals surface area contributed by atoms with Crippen LogP contribution in [0, 0.1) is 5.82 Å². The van der Waals surface area contributed by atoms with Crippen molar-refractivity contribution in [3.05, 3.63) is 76.7 Å². The molecule has 1 heterocycles. The molecule has 26 heavy (non-hydrogen) atoms. The molecular formula is C19H15ClFN3O2. The number of hydrogen-bond acceptors (Lipinski definition) is 4. The summed E-state index contributed by atoms with van der Waals surface area (Å²) in [5, 5.41) is 11.6. The first-order chi connectivity index (χ1) is 12.5. The van der Waals surface area contributed by atoms with Gasteiger partial charge in [-0.3, -0.25) is 4.79 Å². The van der Waals surface area contributed by atoms with E-state index < -0.39 is 5.41 Å². The summed E-state index contributed by atoms with van der Waals surface area (Å²) in [4.78, 5) is 12.6. The Bertz CT molecular complexity index is 934. The van der Waals surface area contributed by atoms with E-state index in [1.165, 1.54) is 24.3 Å². The lowest BCUT2D eigenvalue weighted by molar-refractivity contribution is -0.119. The Balaban J connectivity index is 1.48. The average molecular weight is 372 g/mol. The van der Waals surface area contributed by atoms with Crippen LogP contribution in [-0.2, 0) is 16.6 Å². The Morgan fingerprint density at radius 1 is 1.12 bits per heavy atom. The number of halogens is 2. The van der Waals surface area contributed by atoms with Crippen LogP contribution in [0.15, 0.2) is 52.9 Å². The van der Waals surface area contributed by atoms with Crippen LogP contribution in [0.25, 0.3) is 0 Å². The summed E-state index contributed by atoms with van der Waals surface area (Å²) < 4.78 is 18.7. The molecule has 1 fully saturated rings. The van der Waals surface area contributed by atoms with E-state index >= 15 is 0 Å². The molecular weight excluding hydrogens is 357 g/mol. The normalized spacial score (nSPS) is 14.8. The van der Waals surface area contributed by atoms with Crippen LogP contribution in [0.4, 0.5) is 10.1 Å². The second-order valence-corrected chi connectivity index (χ2v) is 6.78. The number of hydrogen-bond donors (Lipinski definition) is 1. The highest BCUT2D eigenvalue weighted by Gasteiger charge is 2.56. The molecule has 0 unspecified atom stereocenters. The third-order valence-corrected chi connectivity index (χ3v) is 4.68. The number of amides is 1. The zero-order valence-corrected chi connectivity index (χ0v) is 14.5. The van der Waals surface area contributed by atoms with Crippen molar-refractivity contribution in [3.8, 4) is 0 Å². The predicted octanol–water partition coefficient (Wildman–Crippen LogP) is 4.12. The van der Waals surface area contributed by atoms with Crippen molar-refractivity contribution in [1.82, 2.24) is 10.2 Å². The largest absolute Gasteiger partial charge is 0.424 e. The second-order valence-electron chi connectivity index (χ2n) is 6.35. The van der Waals surface area contributed by atoms with Crippen molar-refractivity contribution in [3.63, 3.8) is 0 Å². The highest BCUT2D eigenvalue weighted by molar-refractivity contribution is 6.30. The maximum absolute atomic E-state index is 13.0. The lowest BCUT2D eigenvalue weighted by Gasteiger charge is -2.11. The predicted molar refractivity (Wildman–Crippen MR) is 94.5 cm³/mol. The third kappa shape index (κ3) is 3.32. The molecule has 1 amide bonds. The molecule has 7 heteroatoms. The van der Waals surface area contributed by atoms with E-state index in [0.717, 1.165) is 5.56 Å². The van der Waals surface area contributed by atoms with Crippen LogP contribution in [0.3, 0.4) is 0 Å². The maximum atomic E-state index is 13.0. The minimum atomic E-state index is -0.792. The van der Waals surface area contributed by atoms with E-state index in [9.17, 15) is 9.18 Å². The SMILES string of the molecule is O=C(Nc1ccc(F)cc1)C1(c2nnc(Cc3ccc(Cl)cc3)o2)CC1. The van der Waals surface area contributed by atoms with Gasteiger partial charge < -0.3 is 9.73 Å². The molecule has 5 nitrogen and oxygen atoms in total. The van der Waals surface area contributed by atoms with Crippen molar-refractivity contribution in [2.24, 2.45) is 0 Å². The minimum absolute atomic E-state index is 0.217. The molecule has 0 spiro atoms. The lowest BCUT2D eigenvalue weighted by atomic mass is 10.1. The summed E-state index contributed by atoms with van der Waals surface area (Å²) in [5.74, 6) is 0.197. The Morgan fingerprint density at radius 3 is 2.46 bits per heavy atom. The average Bonchev–Trinajstić information content (AvgIpc) is 3.32. The fraction of sp³-hybridized carbons (Fsp3) is 0.211. The smallest absolute Gasteiger partial charge is 0.240 e. The number of benzene rings is 2. The monoisotopic (exact) mass is 371 g/mol. The van der Waals surface area contributed by atoms with Crippen molar-refractivity contribution >= 4 is 23.2 Å². The van der Waals surface area contributed by atoms with Crippen LogP contribution in [-0.4, -0.2) is 16.1 Å². The molecule has 1 N–H and O–H groups in total. The van der Waals surface area contributed by atoms with Gasteiger partial charge in [-0.05, 0) is 54.8 Å². The molecule has 4 rings (SSSR count). The van der Waals surface area contributed by atoms with E-state index in [2.05, 4.69) is 15.5 Å². The van der Waals surface area contributed by atoms with Gasteiger partial charge in [0.05, 0.1) is 6.42 Å². The summed E-state index contributed by atoms with van der Waals surface area (Å²) in [6.45, 7) is 0. The van der Waals surface area contributed by atoms with Crippen molar-refractivity contribution in [2.45, 2.75) is 24.7 Å². The van der Waals surface area contributed by atoms with Gasteiger partial charge in [0.25, 0.3) is 0 Å². The minimum Gasteiger partial charge on any atom is -0.424 e. The first-order valence-corrected chi connectivity index (χ1v) is 8.57. The molecule has 2 aromatic carbocycles. The summed E-state index contributed by atoms with van der Waals surface area (Å²) in [6.07, 6.45) is 1.76. The highest BCUT2D eigenvalue weighted by Crippen LogP contribution is 2.48. The van der Waals surface area contributed by atoms with Crippen molar-refractivity contribution < 1.29 is 13.6 Å². The molecule has 132 valence electrons. The summed E-state index contributed by atoms with van der Waals surface area (Å²) in [7, 11) is 0. The zero-order valence-electron chi connectivity index (χ0n) is 13.7. The molecule has 0 radical (unpaired) electrons. The summed E-state index contributed by atoms with van der Waals surface area (Å²) in [5.41, 5.74) is 0.730. The number of carbonyl (C=O) groups is 1. The maximum Gasteiger partial charge on any atom is 0.240 e. The van der Waals surface area contributed by atoms with Gasteiger partial charge in [0.2, 0.25) is 17.7 Å². The van der Waals surface area contributed by atoms with Crippen LogP contribution in [0.1, 0.15) is 30.2 Å². The quantitative estimate of drug-likeness (QED) is 0.732. The topological polar surface area (TPSA) is 68.0 Å². The first-order valence-electron chi connectivity index (χ1n) is 8.19. The van der Waals surface area contributed by atoms with Gasteiger partial charge in [-0.1, -0.05) is 23.7 Å². The highest BCUT2D eigenvalue weighted by atomic mass is 35.5. The Labute approximate surface area is 154 Å². The molecule has 0 bridgehead atoms. The molecule has 1 aliphatic rings. The summed E-state index contributed by atoms with van der Waals surface area (Å²) in [6, 6.07) is 13.0. The van der Waals surface area contributed by atoms with Crippen LogP contribution < -0.4 is 5.32 Å². The fourth-order valence-electron chi connectivity index (χ4n) is 2.74. The van der Waals surface area contributed by atoms with Gasteiger partial charge in [0.15, 0.2) is 0 Å². The van der Waals surface area contributed by atoms with Gasteiger partial charge in [-0.2, -0.15) is 0 Å². The van der Waals surface area contributed by atoms with Crippen molar-refractivity contribution in [1.29, 1.82) is 0 Å². The molecule has 3 aromatic rings. The number of aromatic nitrogens is 2. The van der Waals surface area contributed by atoms with E-state index in [4.69, 9.17) is 16.0 Å². The van der Waals surface area contributed by atoms with Gasteiger partial charge in [-0.15, -0.1) is 10.2 Å². The van der Waals surface area contributed by atoms with Gasteiger partial charge in [0, 0.05) is 10.7 Å². The van der Waals surface area contributed by atoms with Crippen molar-refractivity contribution in [2.75, 3.05) is 5.32 Å². The number of carbonyl (C=O) groups excluding carboxylic acids is 1. The number of nitrogens with zero attached hydrogens (tertiary/aromatic N) is 2. The third-order valence-electron chi connectivity index (χ3n) is 4.43. The lowest BCUT2D eigenvalue weighted by Crippen LogP contribution is -2.28. The van der Waals surface area contributed by atoms with E-state index in [1.54, 1.807) is 12.1 Å². The van der Waals surface area contributed by atoms with Gasteiger partial charge >= 0.3 is 0 Å². The summed E-state index contributed by atoms with van der Waals surface area (Å²) >= 11 is 5.88. The van der Waals surface area contributed by atoms with Gasteiger partial charge in [-0.25, -0.2) is 4.39 Å². The zero-order chi connectivity index (χ0) is 18.1. The van der Waals surface area contributed by atoms with Crippen LogP contribution in [0.2, 0.25) is 5.02 Å². The molecule has 1 aliphatic carbocycles. The number of nitrogens with one attached hydrogen (secondary N) is 1. The Morgan fingerprint density at radius 2 is 1.81 bits per heavy atom. The van der Waals surface area contributed by atoms with E-state index in [1.807, 2.05) is 12.1 Å². The van der Waals surface area contributed by atoms with Gasteiger partial charge in [0.1, 0.15) is 11.2 Å². The van der Waals surface area contributed by atoms with E-state index in [-0.39, 0.29) is 11.7 Å². The Kier molecular flexibility index (Phi) is 4.20. The second kappa shape index (κ2) is 6.53. The number of anilines is 1. The van der Waals surface area contributed by atoms with Crippen LogP contribution in [0.5, 0.6) is 0 Å². The molecule has 1 saturated carbocycles. The number of rotatable bonds is 5. The van der Waals surface area contributed by atoms with Crippen LogP contribution >= 0.6 is 11.6 Å². The first kappa shape index (κ1) is 16.7. The van der Waals surface area contributed by atoms with E-state index in [0.29, 0.717) is 41.8 Å². The molecule has 0 atom stereocenters. The molecule has 1 aromatic heterocycles. The molecule has 0 saturated heterocycles. The Hall–Kier alpha value is -2.73. The standard InChI is InChI=1S/C19H15ClFN3O2/c20-13-3-1-12(2-4-13)11-16-23-24-18(26-16)19(9-10-19)17(25)22-15-7-5-14(21)6-8-15/h1-8H,9-11H2,(H,22,25).